The van der Waals surface area contributed by atoms with E-state index in [1.807, 2.05) is 13.0 Å². The van der Waals surface area contributed by atoms with Crippen molar-refractivity contribution in [3.8, 4) is 0 Å². The summed E-state index contributed by atoms with van der Waals surface area (Å²) < 4.78 is 0. The quantitative estimate of drug-likeness (QED) is 0.812. The molecule has 0 radical (unpaired) electrons. The third-order valence-corrected chi connectivity index (χ3v) is 3.30. The first kappa shape index (κ1) is 11.2. The normalized spacial score (nSPS) is 12.9. The van der Waals surface area contributed by atoms with Crippen molar-refractivity contribution in [1.29, 1.82) is 0 Å². The molecular formula is C9H10Cl2OS. The largest absolute Gasteiger partial charge is 0.395 e. The molecule has 0 saturated heterocycles. The SMILES string of the molecule is CC(CO)Sc1ccc(Cl)cc1Cl. The minimum Gasteiger partial charge on any atom is -0.395 e. The molecule has 0 amide bonds. The second-order valence-electron chi connectivity index (χ2n) is 2.69. The third-order valence-electron chi connectivity index (χ3n) is 1.48. The molecule has 0 aliphatic rings. The molecule has 0 aliphatic carbocycles. The molecule has 0 aromatic heterocycles. The number of hydrogen-bond acceptors (Lipinski definition) is 2. The van der Waals surface area contributed by atoms with E-state index in [-0.39, 0.29) is 11.9 Å². The van der Waals surface area contributed by atoms with Crippen molar-refractivity contribution < 1.29 is 5.11 Å². The summed E-state index contributed by atoms with van der Waals surface area (Å²) in [5.74, 6) is 0. The summed E-state index contributed by atoms with van der Waals surface area (Å²) >= 11 is 13.2. The van der Waals surface area contributed by atoms with Crippen molar-refractivity contribution in [2.45, 2.75) is 17.1 Å². The minimum atomic E-state index is 0.142. The average molecular weight is 237 g/mol. The summed E-state index contributed by atoms with van der Waals surface area (Å²) in [7, 11) is 0. The summed E-state index contributed by atoms with van der Waals surface area (Å²) in [4.78, 5) is 0.951. The zero-order valence-electron chi connectivity index (χ0n) is 7.13. The fraction of sp³-hybridized carbons (Fsp3) is 0.333. The lowest BCUT2D eigenvalue weighted by atomic mass is 10.4. The second-order valence-corrected chi connectivity index (χ2v) is 5.01. The lowest BCUT2D eigenvalue weighted by molar-refractivity contribution is 0.300. The maximum absolute atomic E-state index is 8.85. The maximum Gasteiger partial charge on any atom is 0.0556 e. The van der Waals surface area contributed by atoms with Gasteiger partial charge in [-0.05, 0) is 18.2 Å². The Morgan fingerprint density at radius 3 is 2.69 bits per heavy atom. The minimum absolute atomic E-state index is 0.142. The molecule has 1 rings (SSSR count). The Hall–Kier alpha value is 0.110. The Balaban J connectivity index is 2.77. The van der Waals surface area contributed by atoms with Gasteiger partial charge in [-0.1, -0.05) is 30.1 Å². The van der Waals surface area contributed by atoms with E-state index < -0.39 is 0 Å². The number of hydrogen-bond donors (Lipinski definition) is 1. The number of aliphatic hydroxyl groups excluding tert-OH is 1. The zero-order chi connectivity index (χ0) is 9.84. The Kier molecular flexibility index (Phi) is 4.39. The molecule has 13 heavy (non-hydrogen) atoms. The molecule has 1 aromatic carbocycles. The van der Waals surface area contributed by atoms with Crippen LogP contribution in [-0.4, -0.2) is 17.0 Å². The van der Waals surface area contributed by atoms with Crippen LogP contribution < -0.4 is 0 Å². The van der Waals surface area contributed by atoms with Crippen molar-refractivity contribution in [2.75, 3.05) is 6.61 Å². The van der Waals surface area contributed by atoms with Crippen molar-refractivity contribution >= 4 is 35.0 Å². The first-order chi connectivity index (χ1) is 6.13. The van der Waals surface area contributed by atoms with Crippen LogP contribution in [0, 0.1) is 0 Å². The van der Waals surface area contributed by atoms with Crippen LogP contribution in [0.5, 0.6) is 0 Å². The highest BCUT2D eigenvalue weighted by Crippen LogP contribution is 2.31. The van der Waals surface area contributed by atoms with E-state index in [9.17, 15) is 0 Å². The van der Waals surface area contributed by atoms with Gasteiger partial charge >= 0.3 is 0 Å². The lowest BCUT2D eigenvalue weighted by Crippen LogP contribution is -2.01. The number of halogens is 2. The van der Waals surface area contributed by atoms with Gasteiger partial charge in [0.05, 0.1) is 11.6 Å². The molecule has 1 unspecified atom stereocenters. The molecule has 1 atom stereocenters. The highest BCUT2D eigenvalue weighted by molar-refractivity contribution is 8.00. The van der Waals surface area contributed by atoms with Crippen LogP contribution >= 0.6 is 35.0 Å². The topological polar surface area (TPSA) is 20.2 Å². The van der Waals surface area contributed by atoms with Gasteiger partial charge in [0.1, 0.15) is 0 Å². The highest BCUT2D eigenvalue weighted by atomic mass is 35.5. The van der Waals surface area contributed by atoms with Crippen molar-refractivity contribution in [3.63, 3.8) is 0 Å². The third kappa shape index (κ3) is 3.39. The van der Waals surface area contributed by atoms with Gasteiger partial charge in [0.15, 0.2) is 0 Å². The molecule has 4 heteroatoms. The maximum atomic E-state index is 8.85. The molecule has 1 nitrogen and oxygen atoms in total. The van der Waals surface area contributed by atoms with Crippen molar-refractivity contribution in [3.05, 3.63) is 28.2 Å². The van der Waals surface area contributed by atoms with Crippen LogP contribution in [0.15, 0.2) is 23.1 Å². The van der Waals surface area contributed by atoms with E-state index in [0.717, 1.165) is 4.90 Å². The summed E-state index contributed by atoms with van der Waals surface area (Å²) in [5.41, 5.74) is 0. The van der Waals surface area contributed by atoms with E-state index in [0.29, 0.717) is 10.0 Å². The molecule has 1 N–H and O–H groups in total. The molecule has 1 aromatic rings. The highest BCUT2D eigenvalue weighted by Gasteiger charge is 2.06. The zero-order valence-corrected chi connectivity index (χ0v) is 9.46. The van der Waals surface area contributed by atoms with E-state index >= 15 is 0 Å². The Labute approximate surface area is 92.1 Å². The van der Waals surface area contributed by atoms with E-state index in [4.69, 9.17) is 28.3 Å². The van der Waals surface area contributed by atoms with Crippen LogP contribution in [0.3, 0.4) is 0 Å². The summed E-state index contributed by atoms with van der Waals surface area (Å²) in [5, 5.41) is 10.3. The van der Waals surface area contributed by atoms with Crippen molar-refractivity contribution in [2.24, 2.45) is 0 Å². The van der Waals surface area contributed by atoms with Gasteiger partial charge in [-0.15, -0.1) is 11.8 Å². The smallest absolute Gasteiger partial charge is 0.0556 e. The van der Waals surface area contributed by atoms with E-state index in [2.05, 4.69) is 0 Å². The standard InChI is InChI=1S/C9H10Cl2OS/c1-6(5-12)13-9-3-2-7(10)4-8(9)11/h2-4,6,12H,5H2,1H3. The summed E-state index contributed by atoms with van der Waals surface area (Å²) in [6, 6.07) is 5.36. The first-order valence-electron chi connectivity index (χ1n) is 3.86. The number of benzene rings is 1. The molecule has 0 heterocycles. The average Bonchev–Trinajstić information content (AvgIpc) is 2.09. The van der Waals surface area contributed by atoms with Gasteiger partial charge < -0.3 is 5.11 Å². The molecule has 72 valence electrons. The Bertz CT molecular complexity index is 291. The van der Waals surface area contributed by atoms with Gasteiger partial charge in [-0.25, -0.2) is 0 Å². The van der Waals surface area contributed by atoms with Gasteiger partial charge in [-0.3, -0.25) is 0 Å². The van der Waals surface area contributed by atoms with E-state index in [1.54, 1.807) is 12.1 Å². The van der Waals surface area contributed by atoms with Gasteiger partial charge in [0, 0.05) is 15.2 Å². The van der Waals surface area contributed by atoms with Crippen LogP contribution in [0.1, 0.15) is 6.92 Å². The van der Waals surface area contributed by atoms with Crippen LogP contribution in [0.25, 0.3) is 0 Å². The number of thioether (sulfide) groups is 1. The fourth-order valence-corrected chi connectivity index (χ4v) is 2.19. The molecule has 0 bridgehead atoms. The predicted molar refractivity (Wildman–Crippen MR) is 58.9 cm³/mol. The van der Waals surface area contributed by atoms with Gasteiger partial charge in [-0.2, -0.15) is 0 Å². The van der Waals surface area contributed by atoms with Crippen LogP contribution in [0.4, 0.5) is 0 Å². The number of rotatable bonds is 3. The number of aliphatic hydroxyl groups is 1. The van der Waals surface area contributed by atoms with Gasteiger partial charge in [0.25, 0.3) is 0 Å². The summed E-state index contributed by atoms with van der Waals surface area (Å²) in [6.07, 6.45) is 0. The van der Waals surface area contributed by atoms with Crippen LogP contribution in [-0.2, 0) is 0 Å². The summed E-state index contributed by atoms with van der Waals surface area (Å²) in [6.45, 7) is 2.08. The van der Waals surface area contributed by atoms with Crippen molar-refractivity contribution in [1.82, 2.24) is 0 Å². The van der Waals surface area contributed by atoms with Gasteiger partial charge in [0.2, 0.25) is 0 Å². The Morgan fingerprint density at radius 1 is 1.46 bits per heavy atom. The second kappa shape index (κ2) is 5.11. The molecule has 0 spiro atoms. The predicted octanol–water partition coefficient (Wildman–Crippen LogP) is 3.47. The molecule has 0 fully saturated rings. The fourth-order valence-electron chi connectivity index (χ4n) is 0.825. The lowest BCUT2D eigenvalue weighted by Gasteiger charge is -2.08. The van der Waals surface area contributed by atoms with E-state index in [1.165, 1.54) is 11.8 Å². The van der Waals surface area contributed by atoms with Crippen LogP contribution in [0.2, 0.25) is 10.0 Å². The molecule has 0 aliphatic heterocycles. The Morgan fingerprint density at radius 2 is 2.15 bits per heavy atom. The first-order valence-corrected chi connectivity index (χ1v) is 5.49. The monoisotopic (exact) mass is 236 g/mol. The molecular weight excluding hydrogens is 227 g/mol. The molecule has 0 saturated carbocycles.